The summed E-state index contributed by atoms with van der Waals surface area (Å²) in [6.45, 7) is 2.91. The Bertz CT molecular complexity index is 855. The van der Waals surface area contributed by atoms with Crippen molar-refractivity contribution in [3.8, 4) is 0 Å². The Morgan fingerprint density at radius 2 is 1.81 bits per heavy atom. The molecule has 2 aromatic carbocycles. The molecule has 1 aliphatic rings. The molecule has 26 heavy (non-hydrogen) atoms. The summed E-state index contributed by atoms with van der Waals surface area (Å²) in [6.07, 6.45) is 1.77. The fraction of sp³-hybridized carbons (Fsp3) is 0.316. The molecule has 0 unspecified atom stereocenters. The Hall–Kier alpha value is -2.22. The lowest BCUT2D eigenvalue weighted by Crippen LogP contribution is -2.31. The maximum absolute atomic E-state index is 12.3. The maximum Gasteiger partial charge on any atom is 0.255 e. The molecule has 7 heteroatoms. The van der Waals surface area contributed by atoms with Crippen molar-refractivity contribution < 1.29 is 17.9 Å². The Labute approximate surface area is 153 Å². The summed E-state index contributed by atoms with van der Waals surface area (Å²) < 4.78 is 32.6. The van der Waals surface area contributed by atoms with Gasteiger partial charge in [-0.1, -0.05) is 17.7 Å². The number of carbonyl (C=O) groups excluding carboxylic acids is 1. The van der Waals surface area contributed by atoms with E-state index >= 15 is 0 Å². The number of benzene rings is 2. The fourth-order valence-electron chi connectivity index (χ4n) is 2.72. The van der Waals surface area contributed by atoms with E-state index < -0.39 is 10.0 Å². The SMILES string of the molecule is Cc1ccc(C(=O)Nc2ccc(S(=O)(=O)NC[C@@H]3CCCO3)cc2)cc1. The molecule has 1 fully saturated rings. The molecule has 0 saturated carbocycles. The standard InChI is InChI=1S/C19H22N2O4S/c1-14-4-6-15(7-5-14)19(22)21-16-8-10-18(11-9-16)26(23,24)20-13-17-3-2-12-25-17/h4-11,17,20H,2-3,12-13H2,1H3,(H,21,22)/t17-/m0/s1. The van der Waals surface area contributed by atoms with Crippen LogP contribution in [-0.4, -0.2) is 33.6 Å². The van der Waals surface area contributed by atoms with Gasteiger partial charge >= 0.3 is 0 Å². The van der Waals surface area contributed by atoms with Crippen molar-refractivity contribution in [2.24, 2.45) is 0 Å². The molecule has 0 spiro atoms. The van der Waals surface area contributed by atoms with Crippen molar-refractivity contribution in [1.82, 2.24) is 4.72 Å². The van der Waals surface area contributed by atoms with Crippen molar-refractivity contribution in [3.63, 3.8) is 0 Å². The van der Waals surface area contributed by atoms with Crippen molar-refractivity contribution in [2.45, 2.75) is 30.8 Å². The summed E-state index contributed by atoms with van der Waals surface area (Å²) >= 11 is 0. The second-order valence-electron chi connectivity index (χ2n) is 6.33. The number of ether oxygens (including phenoxy) is 1. The average molecular weight is 374 g/mol. The van der Waals surface area contributed by atoms with Crippen molar-refractivity contribution in [2.75, 3.05) is 18.5 Å². The highest BCUT2D eigenvalue weighted by Crippen LogP contribution is 2.16. The lowest BCUT2D eigenvalue weighted by Gasteiger charge is -2.12. The van der Waals surface area contributed by atoms with Crippen LogP contribution in [-0.2, 0) is 14.8 Å². The molecule has 3 rings (SSSR count). The summed E-state index contributed by atoms with van der Waals surface area (Å²) in [4.78, 5) is 12.4. The normalized spacial score (nSPS) is 17.2. The Balaban J connectivity index is 1.61. The van der Waals surface area contributed by atoms with Gasteiger partial charge in [-0.05, 0) is 56.2 Å². The largest absolute Gasteiger partial charge is 0.377 e. The zero-order valence-electron chi connectivity index (χ0n) is 14.6. The molecule has 138 valence electrons. The monoisotopic (exact) mass is 374 g/mol. The van der Waals surface area contributed by atoms with E-state index in [0.717, 1.165) is 18.4 Å². The number of hydrogen-bond donors (Lipinski definition) is 2. The van der Waals surface area contributed by atoms with Gasteiger partial charge in [0.2, 0.25) is 10.0 Å². The molecule has 2 aromatic rings. The summed E-state index contributed by atoms with van der Waals surface area (Å²) in [5.41, 5.74) is 2.16. The van der Waals surface area contributed by atoms with Crippen molar-refractivity contribution in [3.05, 3.63) is 59.7 Å². The molecule has 1 amide bonds. The second kappa shape index (κ2) is 7.99. The number of carbonyl (C=O) groups is 1. The topological polar surface area (TPSA) is 84.5 Å². The molecule has 6 nitrogen and oxygen atoms in total. The molecule has 1 saturated heterocycles. The van der Waals surface area contributed by atoms with Gasteiger partial charge in [-0.2, -0.15) is 0 Å². The molecule has 0 radical (unpaired) electrons. The van der Waals surface area contributed by atoms with Crippen LogP contribution in [0.15, 0.2) is 53.4 Å². The highest BCUT2D eigenvalue weighted by Gasteiger charge is 2.20. The van der Waals surface area contributed by atoms with E-state index in [4.69, 9.17) is 4.74 Å². The molecular formula is C19H22N2O4S. The van der Waals surface area contributed by atoms with Crippen molar-refractivity contribution in [1.29, 1.82) is 0 Å². The van der Waals surface area contributed by atoms with E-state index in [1.807, 2.05) is 19.1 Å². The van der Waals surface area contributed by atoms with Gasteiger partial charge in [0.05, 0.1) is 11.0 Å². The number of rotatable bonds is 6. The fourth-order valence-corrected chi connectivity index (χ4v) is 3.78. The summed E-state index contributed by atoms with van der Waals surface area (Å²) in [5, 5.41) is 2.76. The van der Waals surface area contributed by atoms with E-state index in [-0.39, 0.29) is 23.5 Å². The number of nitrogens with one attached hydrogen (secondary N) is 2. The number of aryl methyl sites for hydroxylation is 1. The van der Waals surface area contributed by atoms with Gasteiger partial charge in [-0.3, -0.25) is 4.79 Å². The van der Waals surface area contributed by atoms with Crippen LogP contribution in [0.1, 0.15) is 28.8 Å². The quantitative estimate of drug-likeness (QED) is 0.814. The lowest BCUT2D eigenvalue weighted by molar-refractivity contribution is 0.102. The Morgan fingerprint density at radius 3 is 2.42 bits per heavy atom. The highest BCUT2D eigenvalue weighted by molar-refractivity contribution is 7.89. The average Bonchev–Trinajstić information content (AvgIpc) is 3.15. The minimum atomic E-state index is -3.59. The van der Waals surface area contributed by atoms with E-state index in [1.54, 1.807) is 24.3 Å². The third-order valence-electron chi connectivity index (χ3n) is 4.26. The Kier molecular flexibility index (Phi) is 5.70. The van der Waals surface area contributed by atoms with E-state index in [0.29, 0.717) is 17.9 Å². The predicted octanol–water partition coefficient (Wildman–Crippen LogP) is 2.70. The van der Waals surface area contributed by atoms with E-state index in [9.17, 15) is 13.2 Å². The molecule has 0 aromatic heterocycles. The molecular weight excluding hydrogens is 352 g/mol. The van der Waals surface area contributed by atoms with E-state index in [1.165, 1.54) is 12.1 Å². The molecule has 2 N–H and O–H groups in total. The van der Waals surface area contributed by atoms with Gasteiger partial charge in [0.25, 0.3) is 5.91 Å². The third-order valence-corrected chi connectivity index (χ3v) is 5.70. The molecule has 1 atom stereocenters. The minimum Gasteiger partial charge on any atom is -0.377 e. The first-order valence-corrected chi connectivity index (χ1v) is 10.0. The van der Waals surface area contributed by atoms with Crippen LogP contribution >= 0.6 is 0 Å². The van der Waals surface area contributed by atoms with Gasteiger partial charge in [-0.25, -0.2) is 13.1 Å². The van der Waals surface area contributed by atoms with Gasteiger partial charge in [0.1, 0.15) is 0 Å². The number of amides is 1. The molecule has 0 aliphatic carbocycles. The summed E-state index contributed by atoms with van der Waals surface area (Å²) in [6, 6.07) is 13.3. The molecule has 1 aliphatic heterocycles. The number of anilines is 1. The zero-order valence-corrected chi connectivity index (χ0v) is 15.4. The highest BCUT2D eigenvalue weighted by atomic mass is 32.2. The lowest BCUT2D eigenvalue weighted by atomic mass is 10.1. The van der Waals surface area contributed by atoms with Crippen LogP contribution in [0.3, 0.4) is 0 Å². The van der Waals surface area contributed by atoms with Crippen LogP contribution in [0.5, 0.6) is 0 Å². The van der Waals surface area contributed by atoms with Crippen LogP contribution in [0, 0.1) is 6.92 Å². The van der Waals surface area contributed by atoms with Gasteiger partial charge in [0.15, 0.2) is 0 Å². The summed E-state index contributed by atoms with van der Waals surface area (Å²) in [7, 11) is -3.59. The Morgan fingerprint density at radius 1 is 1.12 bits per heavy atom. The van der Waals surface area contributed by atoms with E-state index in [2.05, 4.69) is 10.0 Å². The maximum atomic E-state index is 12.3. The first kappa shape index (κ1) is 18.6. The van der Waals surface area contributed by atoms with Crippen LogP contribution in [0.25, 0.3) is 0 Å². The minimum absolute atomic E-state index is 0.0576. The second-order valence-corrected chi connectivity index (χ2v) is 8.10. The van der Waals surface area contributed by atoms with Gasteiger partial charge < -0.3 is 10.1 Å². The molecule has 1 heterocycles. The first-order valence-electron chi connectivity index (χ1n) is 8.53. The van der Waals surface area contributed by atoms with Gasteiger partial charge in [0, 0.05) is 24.4 Å². The summed E-state index contributed by atoms with van der Waals surface area (Å²) in [5.74, 6) is -0.239. The smallest absolute Gasteiger partial charge is 0.255 e. The van der Waals surface area contributed by atoms with Crippen LogP contribution in [0.4, 0.5) is 5.69 Å². The number of hydrogen-bond acceptors (Lipinski definition) is 4. The predicted molar refractivity (Wildman–Crippen MR) is 99.7 cm³/mol. The molecule has 0 bridgehead atoms. The van der Waals surface area contributed by atoms with Gasteiger partial charge in [-0.15, -0.1) is 0 Å². The third kappa shape index (κ3) is 4.69. The van der Waals surface area contributed by atoms with Crippen molar-refractivity contribution >= 4 is 21.6 Å². The zero-order chi connectivity index (χ0) is 18.6. The first-order chi connectivity index (χ1) is 12.4. The number of sulfonamides is 1. The van der Waals surface area contributed by atoms with Crippen LogP contribution < -0.4 is 10.0 Å². The van der Waals surface area contributed by atoms with Crippen LogP contribution in [0.2, 0.25) is 0 Å².